The SMILES string of the molecule is COc1ccc(NC(=O)C(CCSC)NS(=O)(=O)c2ccccc2)cc1N1CCCCC1=O. The molecule has 2 aromatic carbocycles. The van der Waals surface area contributed by atoms with Gasteiger partial charge < -0.3 is 15.0 Å². The van der Waals surface area contributed by atoms with Gasteiger partial charge in [-0.05, 0) is 61.6 Å². The molecule has 1 atom stereocenters. The van der Waals surface area contributed by atoms with Crippen LogP contribution >= 0.6 is 11.8 Å². The fraction of sp³-hybridized carbons (Fsp3) is 0.391. The number of hydrogen-bond donors (Lipinski definition) is 2. The second kappa shape index (κ2) is 11.5. The van der Waals surface area contributed by atoms with Crippen LogP contribution in [-0.4, -0.2) is 51.9 Å². The molecule has 0 saturated carbocycles. The van der Waals surface area contributed by atoms with Crippen LogP contribution in [0.4, 0.5) is 11.4 Å². The molecule has 2 aromatic rings. The highest BCUT2D eigenvalue weighted by Crippen LogP contribution is 2.33. The lowest BCUT2D eigenvalue weighted by Crippen LogP contribution is -2.44. The number of amides is 2. The second-order valence-electron chi connectivity index (χ2n) is 7.65. The molecule has 0 aliphatic carbocycles. The first-order valence-corrected chi connectivity index (χ1v) is 13.6. The van der Waals surface area contributed by atoms with Crippen LogP contribution in [0, 0.1) is 0 Å². The summed E-state index contributed by atoms with van der Waals surface area (Å²) in [5, 5.41) is 2.80. The van der Waals surface area contributed by atoms with Crippen molar-refractivity contribution >= 4 is 45.0 Å². The standard InChI is InChI=1S/C23H29N3O5S2/c1-31-21-12-11-17(16-20(21)26-14-7-6-10-22(26)27)24-23(28)19(13-15-32-2)25-33(29,30)18-8-4-3-5-9-18/h3-5,8-9,11-12,16,19,25H,6-7,10,13-15H2,1-2H3,(H,24,28). The van der Waals surface area contributed by atoms with Gasteiger partial charge in [0.15, 0.2) is 0 Å². The van der Waals surface area contributed by atoms with E-state index in [-0.39, 0.29) is 10.8 Å². The van der Waals surface area contributed by atoms with Crippen molar-refractivity contribution in [1.29, 1.82) is 0 Å². The number of carbonyl (C=O) groups excluding carboxylic acids is 2. The van der Waals surface area contributed by atoms with Gasteiger partial charge in [-0.25, -0.2) is 8.42 Å². The molecule has 0 radical (unpaired) electrons. The smallest absolute Gasteiger partial charge is 0.242 e. The summed E-state index contributed by atoms with van der Waals surface area (Å²) >= 11 is 1.53. The Bertz CT molecular complexity index is 1080. The number of benzene rings is 2. The van der Waals surface area contributed by atoms with E-state index >= 15 is 0 Å². The summed E-state index contributed by atoms with van der Waals surface area (Å²) in [6.07, 6.45) is 4.44. The minimum absolute atomic E-state index is 0.0106. The molecule has 2 amide bonds. The molecular weight excluding hydrogens is 462 g/mol. The number of sulfonamides is 1. The lowest BCUT2D eigenvalue weighted by atomic mass is 10.1. The first kappa shape index (κ1) is 25.1. The van der Waals surface area contributed by atoms with Crippen LogP contribution in [0.25, 0.3) is 0 Å². The largest absolute Gasteiger partial charge is 0.495 e. The quantitative estimate of drug-likeness (QED) is 0.529. The van der Waals surface area contributed by atoms with Gasteiger partial charge in [-0.2, -0.15) is 16.5 Å². The predicted octanol–water partition coefficient (Wildman–Crippen LogP) is 3.25. The summed E-state index contributed by atoms with van der Waals surface area (Å²) in [7, 11) is -2.33. The van der Waals surface area contributed by atoms with E-state index in [0.717, 1.165) is 12.8 Å². The van der Waals surface area contributed by atoms with Gasteiger partial charge in [-0.15, -0.1) is 0 Å². The molecule has 1 aliphatic heterocycles. The number of anilines is 2. The van der Waals surface area contributed by atoms with Crippen LogP contribution in [0.5, 0.6) is 5.75 Å². The summed E-state index contributed by atoms with van der Waals surface area (Å²) < 4.78 is 33.5. The summed E-state index contributed by atoms with van der Waals surface area (Å²) in [4.78, 5) is 27.3. The number of thioether (sulfide) groups is 1. The first-order chi connectivity index (χ1) is 15.9. The molecular formula is C23H29N3O5S2. The highest BCUT2D eigenvalue weighted by atomic mass is 32.2. The maximum absolute atomic E-state index is 13.1. The highest BCUT2D eigenvalue weighted by Gasteiger charge is 2.27. The van der Waals surface area contributed by atoms with Gasteiger partial charge in [0.1, 0.15) is 11.8 Å². The third-order valence-electron chi connectivity index (χ3n) is 5.34. The molecule has 33 heavy (non-hydrogen) atoms. The van der Waals surface area contributed by atoms with Gasteiger partial charge in [-0.1, -0.05) is 18.2 Å². The number of nitrogens with one attached hydrogen (secondary N) is 2. The average Bonchev–Trinajstić information content (AvgIpc) is 2.82. The van der Waals surface area contributed by atoms with E-state index in [1.807, 2.05) is 6.26 Å². The first-order valence-electron chi connectivity index (χ1n) is 10.7. The van der Waals surface area contributed by atoms with Gasteiger partial charge in [0.2, 0.25) is 21.8 Å². The van der Waals surface area contributed by atoms with Crippen molar-refractivity contribution < 1.29 is 22.7 Å². The van der Waals surface area contributed by atoms with Crippen LogP contribution in [0.1, 0.15) is 25.7 Å². The molecule has 2 N–H and O–H groups in total. The Morgan fingerprint density at radius 1 is 1.18 bits per heavy atom. The van der Waals surface area contributed by atoms with Crippen LogP contribution in [0.15, 0.2) is 53.4 Å². The number of ether oxygens (including phenoxy) is 1. The Balaban J connectivity index is 1.81. The van der Waals surface area contributed by atoms with Gasteiger partial charge >= 0.3 is 0 Å². The Labute approximate surface area is 199 Å². The van der Waals surface area contributed by atoms with Crippen molar-refractivity contribution in [3.8, 4) is 5.75 Å². The van der Waals surface area contributed by atoms with Crippen LogP contribution in [-0.2, 0) is 19.6 Å². The van der Waals surface area contributed by atoms with E-state index in [4.69, 9.17) is 4.74 Å². The van der Waals surface area contributed by atoms with Crippen molar-refractivity contribution in [3.63, 3.8) is 0 Å². The van der Waals surface area contributed by atoms with Gasteiger partial charge in [-0.3, -0.25) is 9.59 Å². The lowest BCUT2D eigenvalue weighted by Gasteiger charge is -2.28. The van der Waals surface area contributed by atoms with E-state index in [2.05, 4.69) is 10.0 Å². The number of piperidine rings is 1. The normalized spacial score (nSPS) is 15.2. The molecule has 1 saturated heterocycles. The Morgan fingerprint density at radius 3 is 2.61 bits per heavy atom. The summed E-state index contributed by atoms with van der Waals surface area (Å²) in [6.45, 7) is 0.583. The molecule has 3 rings (SSSR count). The Hall–Kier alpha value is -2.56. The second-order valence-corrected chi connectivity index (χ2v) is 10.3. The van der Waals surface area contributed by atoms with E-state index in [1.165, 1.54) is 31.0 Å². The maximum Gasteiger partial charge on any atom is 0.242 e. The zero-order valence-corrected chi connectivity index (χ0v) is 20.4. The van der Waals surface area contributed by atoms with Crippen LogP contribution in [0.3, 0.4) is 0 Å². The van der Waals surface area contributed by atoms with Crippen LogP contribution in [0.2, 0.25) is 0 Å². The number of carbonyl (C=O) groups is 2. The zero-order valence-electron chi connectivity index (χ0n) is 18.7. The maximum atomic E-state index is 13.1. The van der Waals surface area contributed by atoms with Gasteiger partial charge in [0.05, 0.1) is 17.7 Å². The van der Waals surface area contributed by atoms with Crippen molar-refractivity contribution in [3.05, 3.63) is 48.5 Å². The number of methoxy groups -OCH3 is 1. The minimum atomic E-state index is -3.86. The highest BCUT2D eigenvalue weighted by molar-refractivity contribution is 7.98. The number of rotatable bonds is 10. The molecule has 8 nitrogen and oxygen atoms in total. The van der Waals surface area contributed by atoms with E-state index in [9.17, 15) is 18.0 Å². The monoisotopic (exact) mass is 491 g/mol. The summed E-state index contributed by atoms with van der Waals surface area (Å²) in [5.41, 5.74) is 1.05. The minimum Gasteiger partial charge on any atom is -0.495 e. The predicted molar refractivity (Wildman–Crippen MR) is 131 cm³/mol. The average molecular weight is 492 g/mol. The van der Waals surface area contributed by atoms with Gasteiger partial charge in [0, 0.05) is 18.7 Å². The third-order valence-corrected chi connectivity index (χ3v) is 7.47. The van der Waals surface area contributed by atoms with E-state index in [1.54, 1.807) is 41.3 Å². The number of nitrogens with zero attached hydrogens (tertiary/aromatic N) is 1. The fourth-order valence-corrected chi connectivity index (χ4v) is 5.33. The molecule has 1 aliphatic rings. The Morgan fingerprint density at radius 2 is 1.94 bits per heavy atom. The molecule has 0 bridgehead atoms. The molecule has 0 spiro atoms. The molecule has 1 heterocycles. The third kappa shape index (κ3) is 6.49. The van der Waals surface area contributed by atoms with Crippen LogP contribution < -0.4 is 19.7 Å². The fourth-order valence-electron chi connectivity index (χ4n) is 3.60. The molecule has 1 fully saturated rings. The van der Waals surface area contributed by atoms with E-state index in [0.29, 0.717) is 42.3 Å². The summed E-state index contributed by atoms with van der Waals surface area (Å²) in [5.74, 6) is 0.680. The Kier molecular flexibility index (Phi) is 8.76. The molecule has 0 aromatic heterocycles. The lowest BCUT2D eigenvalue weighted by molar-refractivity contribution is -0.119. The number of hydrogen-bond acceptors (Lipinski definition) is 6. The van der Waals surface area contributed by atoms with Crippen molar-refractivity contribution in [2.45, 2.75) is 36.6 Å². The molecule has 178 valence electrons. The van der Waals surface area contributed by atoms with E-state index < -0.39 is 22.0 Å². The van der Waals surface area contributed by atoms with Crippen molar-refractivity contribution in [2.24, 2.45) is 0 Å². The summed E-state index contributed by atoms with van der Waals surface area (Å²) in [6, 6.07) is 12.1. The molecule has 1 unspecified atom stereocenters. The zero-order chi connectivity index (χ0) is 23.8. The van der Waals surface area contributed by atoms with Crippen molar-refractivity contribution in [1.82, 2.24) is 4.72 Å². The topological polar surface area (TPSA) is 105 Å². The molecule has 10 heteroatoms. The van der Waals surface area contributed by atoms with Gasteiger partial charge in [0.25, 0.3) is 0 Å². The van der Waals surface area contributed by atoms with Crippen molar-refractivity contribution in [2.75, 3.05) is 35.9 Å².